The van der Waals surface area contributed by atoms with Gasteiger partial charge in [0.15, 0.2) is 0 Å². The fraction of sp³-hybridized carbons (Fsp3) is 0.500. The van der Waals surface area contributed by atoms with E-state index in [1.807, 2.05) is 0 Å². The number of rotatable bonds is 6. The molecular formula is C8H12Cl2S. The molecule has 2 atom stereocenters. The standard InChI is InChI=1S/C8H12Cl2S/c1-3-7(9)5-11-6-8(10)4-2/h3-4,7-8H,1-2,5-6H2. The molecule has 0 rings (SSSR count). The first-order chi connectivity index (χ1) is 5.20. The van der Waals surface area contributed by atoms with Crippen molar-refractivity contribution in [2.75, 3.05) is 11.5 Å². The SMILES string of the molecule is C=CC(Cl)CSCC(Cl)C=C. The molecule has 0 amide bonds. The molecule has 0 aromatic heterocycles. The summed E-state index contributed by atoms with van der Waals surface area (Å²) in [6.45, 7) is 7.16. The third kappa shape index (κ3) is 6.79. The van der Waals surface area contributed by atoms with Crippen LogP contribution in [0, 0.1) is 0 Å². The fourth-order valence-corrected chi connectivity index (χ4v) is 1.82. The first kappa shape index (κ1) is 11.4. The second-order valence-electron chi connectivity index (χ2n) is 2.04. The molecule has 0 bridgehead atoms. The van der Waals surface area contributed by atoms with Gasteiger partial charge in [0, 0.05) is 11.5 Å². The Morgan fingerprint density at radius 1 is 1.09 bits per heavy atom. The zero-order valence-electron chi connectivity index (χ0n) is 6.30. The predicted molar refractivity (Wildman–Crippen MR) is 57.0 cm³/mol. The molecule has 64 valence electrons. The summed E-state index contributed by atoms with van der Waals surface area (Å²) in [4.78, 5) is 0. The average molecular weight is 211 g/mol. The Balaban J connectivity index is 3.26. The van der Waals surface area contributed by atoms with Crippen LogP contribution in [0.2, 0.25) is 0 Å². The predicted octanol–water partition coefficient (Wildman–Crippen LogP) is 3.31. The van der Waals surface area contributed by atoms with Gasteiger partial charge in [-0.25, -0.2) is 0 Å². The number of hydrogen-bond donors (Lipinski definition) is 0. The minimum atomic E-state index is 0.0497. The van der Waals surface area contributed by atoms with Gasteiger partial charge < -0.3 is 0 Å². The van der Waals surface area contributed by atoms with Crippen molar-refractivity contribution in [3.05, 3.63) is 25.3 Å². The minimum absolute atomic E-state index is 0.0497. The highest BCUT2D eigenvalue weighted by Crippen LogP contribution is 2.12. The molecule has 0 aromatic carbocycles. The maximum atomic E-state index is 5.78. The molecule has 0 aliphatic carbocycles. The zero-order valence-corrected chi connectivity index (χ0v) is 8.63. The number of allylic oxidation sites excluding steroid dienone is 2. The van der Waals surface area contributed by atoms with E-state index in [0.29, 0.717) is 0 Å². The van der Waals surface area contributed by atoms with E-state index in [0.717, 1.165) is 11.5 Å². The molecule has 0 saturated heterocycles. The van der Waals surface area contributed by atoms with Gasteiger partial charge in [-0.2, -0.15) is 11.8 Å². The quantitative estimate of drug-likeness (QED) is 0.479. The molecule has 0 fully saturated rings. The van der Waals surface area contributed by atoms with E-state index >= 15 is 0 Å². The molecule has 0 nitrogen and oxygen atoms in total. The van der Waals surface area contributed by atoms with Gasteiger partial charge in [0.1, 0.15) is 0 Å². The normalized spacial score (nSPS) is 15.5. The van der Waals surface area contributed by atoms with Gasteiger partial charge in [-0.3, -0.25) is 0 Å². The second-order valence-corrected chi connectivity index (χ2v) is 4.24. The van der Waals surface area contributed by atoms with Crippen LogP contribution in [0.4, 0.5) is 0 Å². The Kier molecular flexibility index (Phi) is 7.34. The molecule has 0 saturated carbocycles. The smallest absolute Gasteiger partial charge is 0.0603 e. The van der Waals surface area contributed by atoms with Crippen LogP contribution in [0.15, 0.2) is 25.3 Å². The molecule has 2 unspecified atom stereocenters. The summed E-state index contributed by atoms with van der Waals surface area (Å²) in [5, 5.41) is 0.0994. The Labute approximate surface area is 82.6 Å². The van der Waals surface area contributed by atoms with E-state index in [9.17, 15) is 0 Å². The van der Waals surface area contributed by atoms with Crippen LogP contribution in [0.1, 0.15) is 0 Å². The number of thioether (sulfide) groups is 1. The number of hydrogen-bond acceptors (Lipinski definition) is 1. The first-order valence-electron chi connectivity index (χ1n) is 3.31. The van der Waals surface area contributed by atoms with Crippen molar-refractivity contribution in [1.82, 2.24) is 0 Å². The van der Waals surface area contributed by atoms with Gasteiger partial charge in [0.25, 0.3) is 0 Å². The molecule has 0 heterocycles. The number of halogens is 2. The largest absolute Gasteiger partial charge is 0.158 e. The minimum Gasteiger partial charge on any atom is -0.158 e. The average Bonchev–Trinajstić information content (AvgIpc) is 2.04. The lowest BCUT2D eigenvalue weighted by Crippen LogP contribution is -2.02. The Hall–Kier alpha value is 0.410. The Morgan fingerprint density at radius 2 is 1.45 bits per heavy atom. The lowest BCUT2D eigenvalue weighted by Gasteiger charge is -2.04. The van der Waals surface area contributed by atoms with Crippen molar-refractivity contribution in [2.45, 2.75) is 10.8 Å². The highest BCUT2D eigenvalue weighted by molar-refractivity contribution is 7.99. The summed E-state index contributed by atoms with van der Waals surface area (Å²) in [7, 11) is 0. The van der Waals surface area contributed by atoms with Gasteiger partial charge in [0.05, 0.1) is 10.8 Å². The van der Waals surface area contributed by atoms with E-state index in [2.05, 4.69) is 13.2 Å². The highest BCUT2D eigenvalue weighted by Gasteiger charge is 2.01. The van der Waals surface area contributed by atoms with Crippen LogP contribution >= 0.6 is 35.0 Å². The Bertz CT molecular complexity index is 111. The topological polar surface area (TPSA) is 0 Å². The lowest BCUT2D eigenvalue weighted by molar-refractivity contribution is 1.22. The summed E-state index contributed by atoms with van der Waals surface area (Å²) in [6.07, 6.45) is 3.46. The van der Waals surface area contributed by atoms with Gasteiger partial charge in [-0.1, -0.05) is 12.2 Å². The molecule has 0 N–H and O–H groups in total. The van der Waals surface area contributed by atoms with Crippen LogP contribution in [0.5, 0.6) is 0 Å². The van der Waals surface area contributed by atoms with Gasteiger partial charge in [-0.05, 0) is 0 Å². The van der Waals surface area contributed by atoms with Crippen LogP contribution in [-0.2, 0) is 0 Å². The lowest BCUT2D eigenvalue weighted by atomic mass is 10.5. The van der Waals surface area contributed by atoms with Crippen LogP contribution < -0.4 is 0 Å². The van der Waals surface area contributed by atoms with E-state index in [1.54, 1.807) is 23.9 Å². The summed E-state index contributed by atoms with van der Waals surface area (Å²) in [5.41, 5.74) is 0. The monoisotopic (exact) mass is 210 g/mol. The van der Waals surface area contributed by atoms with Crippen molar-refractivity contribution < 1.29 is 0 Å². The van der Waals surface area contributed by atoms with Gasteiger partial charge in [0.2, 0.25) is 0 Å². The fourth-order valence-electron chi connectivity index (χ4n) is 0.429. The molecule has 0 radical (unpaired) electrons. The van der Waals surface area contributed by atoms with Crippen molar-refractivity contribution in [1.29, 1.82) is 0 Å². The zero-order chi connectivity index (χ0) is 8.69. The van der Waals surface area contributed by atoms with E-state index < -0.39 is 0 Å². The summed E-state index contributed by atoms with van der Waals surface area (Å²) >= 11 is 13.3. The molecule has 0 spiro atoms. The summed E-state index contributed by atoms with van der Waals surface area (Å²) < 4.78 is 0. The van der Waals surface area contributed by atoms with Gasteiger partial charge in [-0.15, -0.1) is 36.4 Å². The van der Waals surface area contributed by atoms with Gasteiger partial charge >= 0.3 is 0 Å². The molecular weight excluding hydrogens is 199 g/mol. The molecule has 0 aliphatic rings. The molecule has 0 aromatic rings. The van der Waals surface area contributed by atoms with E-state index in [1.165, 1.54) is 0 Å². The van der Waals surface area contributed by atoms with Crippen molar-refractivity contribution in [3.8, 4) is 0 Å². The highest BCUT2D eigenvalue weighted by atomic mass is 35.5. The summed E-state index contributed by atoms with van der Waals surface area (Å²) in [5.74, 6) is 1.73. The van der Waals surface area contributed by atoms with E-state index in [-0.39, 0.29) is 10.8 Å². The van der Waals surface area contributed by atoms with Crippen LogP contribution in [-0.4, -0.2) is 22.3 Å². The molecule has 3 heteroatoms. The third-order valence-corrected chi connectivity index (χ3v) is 3.29. The second kappa shape index (κ2) is 7.08. The van der Waals surface area contributed by atoms with E-state index in [4.69, 9.17) is 23.2 Å². The van der Waals surface area contributed by atoms with Crippen molar-refractivity contribution in [3.63, 3.8) is 0 Å². The van der Waals surface area contributed by atoms with Crippen LogP contribution in [0.3, 0.4) is 0 Å². The maximum absolute atomic E-state index is 5.78. The Morgan fingerprint density at radius 3 is 1.73 bits per heavy atom. The van der Waals surface area contributed by atoms with Crippen molar-refractivity contribution in [2.24, 2.45) is 0 Å². The maximum Gasteiger partial charge on any atom is 0.0603 e. The number of alkyl halides is 2. The third-order valence-electron chi connectivity index (χ3n) is 1.07. The summed E-state index contributed by atoms with van der Waals surface area (Å²) in [6, 6.07) is 0. The first-order valence-corrected chi connectivity index (χ1v) is 5.34. The van der Waals surface area contributed by atoms with Crippen LogP contribution in [0.25, 0.3) is 0 Å². The molecule has 11 heavy (non-hydrogen) atoms. The van der Waals surface area contributed by atoms with Crippen molar-refractivity contribution >= 4 is 35.0 Å². The molecule has 0 aliphatic heterocycles.